The third-order valence-corrected chi connectivity index (χ3v) is 3.46. The number of ether oxygens (including phenoxy) is 2. The summed E-state index contributed by atoms with van der Waals surface area (Å²) in [5.74, 6) is -0.166. The quantitative estimate of drug-likeness (QED) is 0.649. The molecule has 2 aromatic rings. The van der Waals surface area contributed by atoms with Gasteiger partial charge in [-0.1, -0.05) is 6.07 Å². The third-order valence-electron chi connectivity index (χ3n) is 3.46. The molecule has 3 amide bonds. The van der Waals surface area contributed by atoms with Gasteiger partial charge in [0, 0.05) is 30.1 Å². The Bertz CT molecular complexity index is 851. The highest BCUT2D eigenvalue weighted by atomic mass is 16.5. The Kier molecular flexibility index (Phi) is 6.76. The van der Waals surface area contributed by atoms with Crippen LogP contribution in [0.2, 0.25) is 0 Å². The average Bonchev–Trinajstić information content (AvgIpc) is 2.61. The fourth-order valence-corrected chi connectivity index (χ4v) is 2.35. The van der Waals surface area contributed by atoms with Crippen LogP contribution in [0.25, 0.3) is 0 Å². The molecule has 0 aromatic heterocycles. The zero-order valence-electron chi connectivity index (χ0n) is 15.3. The zero-order chi connectivity index (χ0) is 19.8. The van der Waals surface area contributed by atoms with Gasteiger partial charge in [0.1, 0.15) is 6.42 Å². The molecular formula is C19H21N3O5. The maximum atomic E-state index is 12.1. The standard InChI is InChI=1S/C19H21N3O5/c1-12(23)20-13-5-4-6-14(9-13)21-18(24)11-19(25)22-15-7-8-16(26-2)17(10-15)27-3/h4-10H,11H2,1-3H3,(H,20,23)(H,21,24)(H,22,25). The highest BCUT2D eigenvalue weighted by Gasteiger charge is 2.12. The molecule has 0 saturated heterocycles. The molecule has 0 unspecified atom stereocenters. The molecule has 3 N–H and O–H groups in total. The van der Waals surface area contributed by atoms with Crippen molar-refractivity contribution in [1.82, 2.24) is 0 Å². The highest BCUT2D eigenvalue weighted by Crippen LogP contribution is 2.29. The van der Waals surface area contributed by atoms with Crippen LogP contribution >= 0.6 is 0 Å². The van der Waals surface area contributed by atoms with Gasteiger partial charge >= 0.3 is 0 Å². The normalized spacial score (nSPS) is 9.89. The number of carbonyl (C=O) groups excluding carboxylic acids is 3. The minimum absolute atomic E-state index is 0.215. The molecule has 8 heteroatoms. The SMILES string of the molecule is COc1ccc(NC(=O)CC(=O)Nc2cccc(NC(C)=O)c2)cc1OC. The molecule has 2 rings (SSSR count). The Hall–Kier alpha value is -3.55. The fraction of sp³-hybridized carbons (Fsp3) is 0.211. The van der Waals surface area contributed by atoms with Gasteiger partial charge in [0.2, 0.25) is 17.7 Å². The number of carbonyl (C=O) groups is 3. The van der Waals surface area contributed by atoms with Gasteiger partial charge in [0.05, 0.1) is 14.2 Å². The smallest absolute Gasteiger partial charge is 0.233 e. The first-order valence-electron chi connectivity index (χ1n) is 8.10. The minimum Gasteiger partial charge on any atom is -0.493 e. The Morgan fingerprint density at radius 2 is 1.33 bits per heavy atom. The predicted octanol–water partition coefficient (Wildman–Crippen LogP) is 2.63. The number of hydrogen-bond acceptors (Lipinski definition) is 5. The van der Waals surface area contributed by atoms with Crippen molar-refractivity contribution in [1.29, 1.82) is 0 Å². The first-order chi connectivity index (χ1) is 12.9. The van der Waals surface area contributed by atoms with Crippen molar-refractivity contribution < 1.29 is 23.9 Å². The van der Waals surface area contributed by atoms with Crippen molar-refractivity contribution in [2.24, 2.45) is 0 Å². The Labute approximate surface area is 156 Å². The summed E-state index contributed by atoms with van der Waals surface area (Å²) in [7, 11) is 3.01. The third kappa shape index (κ3) is 6.03. The second-order valence-corrected chi connectivity index (χ2v) is 5.60. The molecule has 0 fully saturated rings. The van der Waals surface area contributed by atoms with Gasteiger partial charge in [0.15, 0.2) is 11.5 Å². The fourth-order valence-electron chi connectivity index (χ4n) is 2.35. The lowest BCUT2D eigenvalue weighted by Crippen LogP contribution is -2.21. The molecule has 0 atom stereocenters. The summed E-state index contributed by atoms with van der Waals surface area (Å²) in [6.45, 7) is 1.39. The summed E-state index contributed by atoms with van der Waals surface area (Å²) in [6, 6.07) is 11.5. The summed E-state index contributed by atoms with van der Waals surface area (Å²) < 4.78 is 10.3. The number of nitrogens with one attached hydrogen (secondary N) is 3. The Balaban J connectivity index is 1.94. The highest BCUT2D eigenvalue weighted by molar-refractivity contribution is 6.08. The van der Waals surface area contributed by atoms with Crippen LogP contribution in [0, 0.1) is 0 Å². The van der Waals surface area contributed by atoms with Crippen molar-refractivity contribution in [2.75, 3.05) is 30.2 Å². The monoisotopic (exact) mass is 371 g/mol. The van der Waals surface area contributed by atoms with Gasteiger partial charge < -0.3 is 25.4 Å². The molecule has 8 nitrogen and oxygen atoms in total. The van der Waals surface area contributed by atoms with E-state index in [2.05, 4.69) is 16.0 Å². The summed E-state index contributed by atoms with van der Waals surface area (Å²) in [4.78, 5) is 35.2. The van der Waals surface area contributed by atoms with Gasteiger partial charge in [-0.25, -0.2) is 0 Å². The Morgan fingerprint density at radius 1 is 0.778 bits per heavy atom. The molecule has 142 valence electrons. The van der Waals surface area contributed by atoms with Crippen LogP contribution in [0.15, 0.2) is 42.5 Å². The number of benzene rings is 2. The molecule has 2 aromatic carbocycles. The van der Waals surface area contributed by atoms with Crippen molar-refractivity contribution >= 4 is 34.8 Å². The van der Waals surface area contributed by atoms with E-state index in [4.69, 9.17) is 9.47 Å². The van der Waals surface area contributed by atoms with E-state index in [0.29, 0.717) is 28.6 Å². The second-order valence-electron chi connectivity index (χ2n) is 5.60. The molecule has 0 heterocycles. The van der Waals surface area contributed by atoms with Crippen LogP contribution in [-0.2, 0) is 14.4 Å². The van der Waals surface area contributed by atoms with Crippen LogP contribution in [-0.4, -0.2) is 31.9 Å². The lowest BCUT2D eigenvalue weighted by atomic mass is 10.2. The van der Waals surface area contributed by atoms with Crippen molar-refractivity contribution in [3.8, 4) is 11.5 Å². The molecule has 0 bridgehead atoms. The number of amides is 3. The van der Waals surface area contributed by atoms with Crippen LogP contribution in [0.4, 0.5) is 17.1 Å². The van der Waals surface area contributed by atoms with E-state index in [0.717, 1.165) is 0 Å². The van der Waals surface area contributed by atoms with Crippen LogP contribution in [0.1, 0.15) is 13.3 Å². The second kappa shape index (κ2) is 9.23. The largest absolute Gasteiger partial charge is 0.493 e. The number of anilines is 3. The number of methoxy groups -OCH3 is 2. The maximum absolute atomic E-state index is 12.1. The zero-order valence-corrected chi connectivity index (χ0v) is 15.3. The predicted molar refractivity (Wildman–Crippen MR) is 102 cm³/mol. The van der Waals surface area contributed by atoms with Crippen LogP contribution in [0.5, 0.6) is 11.5 Å². The topological polar surface area (TPSA) is 106 Å². The average molecular weight is 371 g/mol. The summed E-state index contributed by atoms with van der Waals surface area (Å²) >= 11 is 0. The van der Waals surface area contributed by atoms with E-state index >= 15 is 0 Å². The molecule has 0 aliphatic heterocycles. The molecular weight excluding hydrogens is 350 g/mol. The number of hydrogen-bond donors (Lipinski definition) is 3. The summed E-state index contributed by atoms with van der Waals surface area (Å²) in [5, 5.41) is 7.87. The molecule has 0 spiro atoms. The van der Waals surface area contributed by atoms with E-state index < -0.39 is 11.8 Å². The van der Waals surface area contributed by atoms with Gasteiger partial charge in [-0.3, -0.25) is 14.4 Å². The lowest BCUT2D eigenvalue weighted by molar-refractivity contribution is -0.123. The van der Waals surface area contributed by atoms with Gasteiger partial charge in [-0.05, 0) is 30.3 Å². The molecule has 0 aliphatic rings. The van der Waals surface area contributed by atoms with E-state index in [1.165, 1.54) is 21.1 Å². The maximum Gasteiger partial charge on any atom is 0.233 e. The van der Waals surface area contributed by atoms with Gasteiger partial charge in [0.25, 0.3) is 0 Å². The van der Waals surface area contributed by atoms with Crippen LogP contribution < -0.4 is 25.4 Å². The van der Waals surface area contributed by atoms with Crippen molar-refractivity contribution in [3.63, 3.8) is 0 Å². The van der Waals surface area contributed by atoms with Crippen LogP contribution in [0.3, 0.4) is 0 Å². The lowest BCUT2D eigenvalue weighted by Gasteiger charge is -2.11. The van der Waals surface area contributed by atoms with Gasteiger partial charge in [-0.2, -0.15) is 0 Å². The van der Waals surface area contributed by atoms with E-state index in [1.807, 2.05) is 0 Å². The van der Waals surface area contributed by atoms with Gasteiger partial charge in [-0.15, -0.1) is 0 Å². The van der Waals surface area contributed by atoms with E-state index in [1.54, 1.807) is 42.5 Å². The Morgan fingerprint density at radius 3 is 1.89 bits per heavy atom. The molecule has 27 heavy (non-hydrogen) atoms. The minimum atomic E-state index is -0.479. The van der Waals surface area contributed by atoms with E-state index in [-0.39, 0.29) is 12.3 Å². The number of rotatable bonds is 7. The molecule has 0 aliphatic carbocycles. The van der Waals surface area contributed by atoms with Crippen molar-refractivity contribution in [3.05, 3.63) is 42.5 Å². The summed E-state index contributed by atoms with van der Waals surface area (Å²) in [5.41, 5.74) is 1.51. The van der Waals surface area contributed by atoms with E-state index in [9.17, 15) is 14.4 Å². The van der Waals surface area contributed by atoms with Crippen molar-refractivity contribution in [2.45, 2.75) is 13.3 Å². The molecule has 0 radical (unpaired) electrons. The first kappa shape index (κ1) is 19.8. The molecule has 0 saturated carbocycles. The summed E-state index contributed by atoms with van der Waals surface area (Å²) in [6.07, 6.45) is -0.362. The first-order valence-corrected chi connectivity index (χ1v) is 8.10.